The van der Waals surface area contributed by atoms with Gasteiger partial charge in [0.1, 0.15) is 29.4 Å². The van der Waals surface area contributed by atoms with Crippen LogP contribution in [0.25, 0.3) is 21.6 Å². The summed E-state index contributed by atoms with van der Waals surface area (Å²) < 4.78 is 38.6. The number of ether oxygens (including phenoxy) is 2. The van der Waals surface area contributed by atoms with Crippen LogP contribution in [0, 0.1) is 5.92 Å². The Labute approximate surface area is 274 Å². The third-order valence-corrected chi connectivity index (χ3v) is 11.6. The molecule has 2 saturated carbocycles. The minimum Gasteiger partial charge on any atom is -0.471 e. The number of cyclic esters (lactones) is 1. The molecule has 0 spiro atoms. The fourth-order valence-electron chi connectivity index (χ4n) is 6.10. The molecule has 0 unspecified atom stereocenters. The zero-order valence-corrected chi connectivity index (χ0v) is 26.7. The molecule has 2 aromatic heterocycles. The van der Waals surface area contributed by atoms with E-state index < -0.39 is 68.7 Å². The lowest BCUT2D eigenvalue weighted by molar-refractivity contribution is -0.141. The fraction of sp³-hybridized carbons (Fsp3) is 0.419. The molecule has 5 atom stereocenters. The highest BCUT2D eigenvalue weighted by Crippen LogP contribution is 2.45. The molecule has 1 aromatic carbocycles. The first-order valence-corrected chi connectivity index (χ1v) is 17.7. The average molecular weight is 681 g/mol. The van der Waals surface area contributed by atoms with E-state index in [0.717, 1.165) is 4.88 Å². The van der Waals surface area contributed by atoms with Gasteiger partial charge in [-0.15, -0.1) is 17.9 Å². The minimum atomic E-state index is -3.88. The van der Waals surface area contributed by atoms with E-state index in [1.807, 2.05) is 41.8 Å². The van der Waals surface area contributed by atoms with Gasteiger partial charge in [0.15, 0.2) is 0 Å². The number of para-hydroxylation sites is 2. The van der Waals surface area contributed by atoms with E-state index in [0.29, 0.717) is 29.6 Å². The number of fused-ring (bicyclic) bond motifs is 1. The van der Waals surface area contributed by atoms with Crippen molar-refractivity contribution in [3.05, 3.63) is 54.4 Å². The van der Waals surface area contributed by atoms with Crippen molar-refractivity contribution in [2.45, 2.75) is 61.1 Å². The molecule has 2 saturated heterocycles. The molecular weight excluding hydrogens is 649 g/mol. The van der Waals surface area contributed by atoms with Crippen molar-refractivity contribution in [3.8, 4) is 16.5 Å². The molecule has 0 radical (unpaired) electrons. The van der Waals surface area contributed by atoms with Crippen LogP contribution in [0.5, 0.6) is 5.88 Å². The number of nitrogens with zero attached hydrogens (tertiary/aromatic N) is 3. The number of hydrogen-bond acceptors (Lipinski definition) is 11. The maximum absolute atomic E-state index is 14.0. The number of thiophene rings is 1. The van der Waals surface area contributed by atoms with Gasteiger partial charge >= 0.3 is 6.09 Å². The SMILES string of the molecule is C=C[C@@H]1C[C@]1(NC(=O)[C@@H]1C[C@@H](Oc2nc3ccccc3nc2-c2cccs2)CN1C(=O)[C@@H]1CCOC(=O)N1)C(=O)NS(=O)(=O)C1CC1. The topological polar surface area (TPSA) is 186 Å². The lowest BCUT2D eigenvalue weighted by Crippen LogP contribution is -2.59. The molecule has 4 aliphatic rings. The second kappa shape index (κ2) is 11.9. The number of rotatable bonds is 10. The van der Waals surface area contributed by atoms with Crippen molar-refractivity contribution < 1.29 is 37.1 Å². The van der Waals surface area contributed by atoms with Gasteiger partial charge in [-0.1, -0.05) is 24.3 Å². The van der Waals surface area contributed by atoms with Crippen molar-refractivity contribution in [2.75, 3.05) is 13.2 Å². The molecule has 2 aliphatic heterocycles. The third-order valence-electron chi connectivity index (χ3n) is 8.90. The lowest BCUT2D eigenvalue weighted by atomic mass is 10.1. The summed E-state index contributed by atoms with van der Waals surface area (Å²) in [5.74, 6) is -2.28. The molecule has 4 amide bonds. The van der Waals surface area contributed by atoms with Gasteiger partial charge in [0.2, 0.25) is 27.7 Å². The smallest absolute Gasteiger partial charge is 0.407 e. The highest BCUT2D eigenvalue weighted by molar-refractivity contribution is 7.91. The second-order valence-electron chi connectivity index (χ2n) is 12.1. The van der Waals surface area contributed by atoms with E-state index in [2.05, 4.69) is 21.9 Å². The molecular formula is C31H32N6O8S2. The average Bonchev–Trinajstić information content (AvgIpc) is 3.93. The first kappa shape index (κ1) is 31.1. The van der Waals surface area contributed by atoms with E-state index >= 15 is 0 Å². The van der Waals surface area contributed by atoms with Gasteiger partial charge in [-0.3, -0.25) is 19.1 Å². The summed E-state index contributed by atoms with van der Waals surface area (Å²) in [5.41, 5.74) is 0.261. The van der Waals surface area contributed by atoms with Gasteiger partial charge in [0.05, 0.1) is 34.3 Å². The zero-order chi connectivity index (χ0) is 32.9. The summed E-state index contributed by atoms with van der Waals surface area (Å²) in [6.07, 6.45) is 1.35. The van der Waals surface area contributed by atoms with Crippen LogP contribution in [0.3, 0.4) is 0 Å². The number of amides is 4. The maximum Gasteiger partial charge on any atom is 0.407 e. The van der Waals surface area contributed by atoms with E-state index in [4.69, 9.17) is 19.4 Å². The van der Waals surface area contributed by atoms with E-state index in [-0.39, 0.29) is 38.3 Å². The predicted molar refractivity (Wildman–Crippen MR) is 170 cm³/mol. The molecule has 16 heteroatoms. The maximum atomic E-state index is 14.0. The Hall–Kier alpha value is -4.57. The number of carbonyl (C=O) groups is 4. The van der Waals surface area contributed by atoms with Crippen LogP contribution in [0.1, 0.15) is 32.1 Å². The number of alkyl carbamates (subject to hydrolysis) is 1. The number of benzene rings is 1. The summed E-state index contributed by atoms with van der Waals surface area (Å²) in [6.45, 7) is 3.75. The molecule has 2 aliphatic carbocycles. The Morgan fingerprint density at radius 2 is 1.89 bits per heavy atom. The van der Waals surface area contributed by atoms with Crippen LogP contribution in [-0.4, -0.2) is 89.2 Å². The standard InChI is InChI=1S/C31H32N6O8S2/c1-2-17-15-31(17,29(40)36-47(42,43)19-9-10-19)35-26(38)23-14-18(16-37(23)28(39)22-11-12-44-30(41)34-22)45-27-25(24-8-5-13-46-24)32-20-6-3-4-7-21(20)33-27/h2-8,13,17-19,22-23H,1,9-12,14-16H2,(H,34,41)(H,35,38)(H,36,40)/t17-,18-,22+,23+,31-/m1/s1. The first-order chi connectivity index (χ1) is 22.6. The molecule has 3 aromatic rings. The van der Waals surface area contributed by atoms with Crippen LogP contribution >= 0.6 is 11.3 Å². The Morgan fingerprint density at radius 3 is 2.55 bits per heavy atom. The van der Waals surface area contributed by atoms with Crippen LogP contribution < -0.4 is 20.1 Å². The van der Waals surface area contributed by atoms with Crippen LogP contribution in [0.2, 0.25) is 0 Å². The molecule has 3 N–H and O–H groups in total. The lowest BCUT2D eigenvalue weighted by Gasteiger charge is -2.31. The van der Waals surface area contributed by atoms with Crippen molar-refractivity contribution in [1.82, 2.24) is 30.2 Å². The molecule has 7 rings (SSSR count). The van der Waals surface area contributed by atoms with Crippen LogP contribution in [0.4, 0.5) is 4.79 Å². The van der Waals surface area contributed by atoms with Gasteiger partial charge in [-0.25, -0.2) is 23.2 Å². The molecule has 47 heavy (non-hydrogen) atoms. The van der Waals surface area contributed by atoms with Gasteiger partial charge in [0, 0.05) is 18.8 Å². The largest absolute Gasteiger partial charge is 0.471 e. The van der Waals surface area contributed by atoms with Crippen molar-refractivity contribution in [3.63, 3.8) is 0 Å². The first-order valence-electron chi connectivity index (χ1n) is 15.3. The minimum absolute atomic E-state index is 0.0251. The van der Waals surface area contributed by atoms with Crippen molar-refractivity contribution in [2.24, 2.45) is 5.92 Å². The van der Waals surface area contributed by atoms with Crippen molar-refractivity contribution >= 4 is 56.2 Å². The van der Waals surface area contributed by atoms with Crippen molar-refractivity contribution in [1.29, 1.82) is 0 Å². The van der Waals surface area contributed by atoms with Gasteiger partial charge in [0.25, 0.3) is 5.91 Å². The number of likely N-dealkylation sites (tertiary alicyclic amines) is 1. The summed E-state index contributed by atoms with van der Waals surface area (Å²) in [4.78, 5) is 64.8. The highest BCUT2D eigenvalue weighted by atomic mass is 32.2. The number of carbonyl (C=O) groups excluding carboxylic acids is 4. The summed E-state index contributed by atoms with van der Waals surface area (Å²) >= 11 is 1.46. The molecule has 0 bridgehead atoms. The van der Waals surface area contributed by atoms with E-state index in [9.17, 15) is 27.6 Å². The Balaban J connectivity index is 1.17. The summed E-state index contributed by atoms with van der Waals surface area (Å²) in [7, 11) is -3.88. The van der Waals surface area contributed by atoms with Crippen LogP contribution in [-0.2, 0) is 29.1 Å². The van der Waals surface area contributed by atoms with Gasteiger partial charge < -0.3 is 25.0 Å². The summed E-state index contributed by atoms with van der Waals surface area (Å²) in [5, 5.41) is 6.54. The molecule has 246 valence electrons. The quantitative estimate of drug-likeness (QED) is 0.267. The molecule has 4 heterocycles. The number of nitrogens with one attached hydrogen (secondary N) is 3. The van der Waals surface area contributed by atoms with E-state index in [1.54, 1.807) is 0 Å². The zero-order valence-electron chi connectivity index (χ0n) is 25.1. The second-order valence-corrected chi connectivity index (χ2v) is 15.0. The Morgan fingerprint density at radius 1 is 1.13 bits per heavy atom. The number of hydrogen-bond donors (Lipinski definition) is 3. The Kier molecular flexibility index (Phi) is 7.86. The number of sulfonamides is 1. The predicted octanol–water partition coefficient (Wildman–Crippen LogP) is 1.87. The van der Waals surface area contributed by atoms with E-state index in [1.165, 1.54) is 22.3 Å². The summed E-state index contributed by atoms with van der Waals surface area (Å²) in [6, 6.07) is 9.08. The third kappa shape index (κ3) is 6.02. The highest BCUT2D eigenvalue weighted by Gasteiger charge is 2.62. The monoisotopic (exact) mass is 680 g/mol. The molecule has 14 nitrogen and oxygen atoms in total. The number of aromatic nitrogens is 2. The van der Waals surface area contributed by atoms with Crippen LogP contribution in [0.15, 0.2) is 54.4 Å². The fourth-order valence-corrected chi connectivity index (χ4v) is 8.17. The van der Waals surface area contributed by atoms with Gasteiger partial charge in [-0.05, 0) is 42.8 Å². The Bertz CT molecular complexity index is 1880. The normalized spacial score (nSPS) is 27.0. The molecule has 4 fully saturated rings. The van der Waals surface area contributed by atoms with Gasteiger partial charge in [-0.2, -0.15) is 0 Å².